The molecular formula is C79H139NO18. The largest absolute Gasteiger partial charge is 0.394 e. The number of aliphatic hydroxyl groups excluding tert-OH is 11. The van der Waals surface area contributed by atoms with Crippen molar-refractivity contribution in [3.63, 3.8) is 0 Å². The van der Waals surface area contributed by atoms with Gasteiger partial charge in [-0.1, -0.05) is 279 Å². The molecule has 0 radical (unpaired) electrons. The van der Waals surface area contributed by atoms with E-state index in [1.807, 2.05) is 6.08 Å². The van der Waals surface area contributed by atoms with Crippen LogP contribution >= 0.6 is 0 Å². The van der Waals surface area contributed by atoms with Crippen LogP contribution in [0.3, 0.4) is 0 Å². The van der Waals surface area contributed by atoms with Crippen molar-refractivity contribution in [3.05, 3.63) is 85.1 Å². The summed E-state index contributed by atoms with van der Waals surface area (Å²) in [5, 5.41) is 121. The summed E-state index contributed by atoms with van der Waals surface area (Å²) in [5.74, 6) is -0.297. The normalized spacial score (nSPS) is 27.2. The van der Waals surface area contributed by atoms with Crippen molar-refractivity contribution in [2.75, 3.05) is 26.4 Å². The lowest BCUT2D eigenvalue weighted by Crippen LogP contribution is -2.66. The first kappa shape index (κ1) is 89.2. The molecule has 17 unspecified atom stereocenters. The lowest BCUT2D eigenvalue weighted by molar-refractivity contribution is -0.379. The van der Waals surface area contributed by atoms with Crippen LogP contribution in [0.1, 0.15) is 277 Å². The molecule has 0 spiro atoms. The van der Waals surface area contributed by atoms with Gasteiger partial charge < -0.3 is 89.9 Å². The van der Waals surface area contributed by atoms with Gasteiger partial charge in [-0.25, -0.2) is 0 Å². The highest BCUT2D eigenvalue weighted by atomic mass is 16.8. The van der Waals surface area contributed by atoms with Crippen LogP contribution in [-0.2, 0) is 33.2 Å². The van der Waals surface area contributed by atoms with E-state index in [1.54, 1.807) is 6.08 Å². The summed E-state index contributed by atoms with van der Waals surface area (Å²) < 4.78 is 34.4. The Morgan fingerprint density at radius 1 is 0.378 bits per heavy atom. The molecule has 3 aliphatic heterocycles. The number of carbonyl (C=O) groups is 1. The molecule has 0 saturated carbocycles. The summed E-state index contributed by atoms with van der Waals surface area (Å²) in [4.78, 5) is 13.4. The van der Waals surface area contributed by atoms with Crippen molar-refractivity contribution in [2.45, 2.75) is 381 Å². The first-order valence-corrected chi connectivity index (χ1v) is 38.8. The molecule has 17 atom stereocenters. The number of amides is 1. The van der Waals surface area contributed by atoms with Gasteiger partial charge in [-0.15, -0.1) is 0 Å². The Balaban J connectivity index is 1.41. The molecule has 12 N–H and O–H groups in total. The second kappa shape index (κ2) is 59.4. The molecule has 3 aliphatic rings. The number of allylic oxidation sites excluding steroid dienone is 13. The maximum Gasteiger partial charge on any atom is 0.220 e. The highest BCUT2D eigenvalue weighted by molar-refractivity contribution is 5.76. The Labute approximate surface area is 590 Å². The van der Waals surface area contributed by atoms with Crippen molar-refractivity contribution < 1.29 is 89.4 Å². The van der Waals surface area contributed by atoms with Gasteiger partial charge in [0.05, 0.1) is 38.6 Å². The van der Waals surface area contributed by atoms with Crippen LogP contribution < -0.4 is 5.32 Å². The highest BCUT2D eigenvalue weighted by Crippen LogP contribution is 2.33. The van der Waals surface area contributed by atoms with Crippen LogP contribution in [0.25, 0.3) is 0 Å². The minimum Gasteiger partial charge on any atom is -0.394 e. The van der Waals surface area contributed by atoms with Gasteiger partial charge in [0.1, 0.15) is 73.2 Å². The second-order valence-electron chi connectivity index (χ2n) is 27.4. The van der Waals surface area contributed by atoms with Gasteiger partial charge in [-0.05, 0) is 77.0 Å². The number of carbonyl (C=O) groups excluding carboxylic acids is 1. The number of unbranched alkanes of at least 4 members (excludes halogenated alkanes) is 32. The zero-order chi connectivity index (χ0) is 71.1. The lowest BCUT2D eigenvalue weighted by Gasteiger charge is -2.48. The van der Waals surface area contributed by atoms with E-state index < -0.39 is 124 Å². The summed E-state index contributed by atoms with van der Waals surface area (Å²) in [6.45, 7) is 1.61. The van der Waals surface area contributed by atoms with Crippen LogP contribution in [0, 0.1) is 0 Å². The fourth-order valence-corrected chi connectivity index (χ4v) is 12.7. The van der Waals surface area contributed by atoms with Crippen LogP contribution in [0.15, 0.2) is 85.1 Å². The number of hydrogen-bond donors (Lipinski definition) is 12. The molecular weight excluding hydrogens is 1250 g/mol. The zero-order valence-electron chi connectivity index (χ0n) is 60.5. The van der Waals surface area contributed by atoms with E-state index in [0.717, 1.165) is 96.3 Å². The van der Waals surface area contributed by atoms with E-state index in [1.165, 1.54) is 148 Å². The van der Waals surface area contributed by atoms with Gasteiger partial charge >= 0.3 is 0 Å². The maximum absolute atomic E-state index is 13.4. The number of nitrogens with one attached hydrogen (secondary N) is 1. The Morgan fingerprint density at radius 2 is 0.714 bits per heavy atom. The molecule has 98 heavy (non-hydrogen) atoms. The topological polar surface area (TPSA) is 307 Å². The summed E-state index contributed by atoms with van der Waals surface area (Å²) in [7, 11) is 0. The number of rotatable bonds is 60. The predicted octanol–water partition coefficient (Wildman–Crippen LogP) is 12.2. The average molecular weight is 1390 g/mol. The van der Waals surface area contributed by atoms with Gasteiger partial charge in [0.25, 0.3) is 0 Å². The molecule has 0 aromatic carbocycles. The molecule has 19 heteroatoms. The first-order chi connectivity index (χ1) is 47.8. The van der Waals surface area contributed by atoms with Crippen molar-refractivity contribution in [2.24, 2.45) is 0 Å². The smallest absolute Gasteiger partial charge is 0.220 e. The maximum atomic E-state index is 13.4. The summed E-state index contributed by atoms with van der Waals surface area (Å²) >= 11 is 0. The third-order valence-electron chi connectivity index (χ3n) is 18.9. The molecule has 19 nitrogen and oxygen atoms in total. The third-order valence-corrected chi connectivity index (χ3v) is 18.9. The highest BCUT2D eigenvalue weighted by Gasteiger charge is 2.53. The van der Waals surface area contributed by atoms with Crippen molar-refractivity contribution in [1.82, 2.24) is 5.32 Å². The minimum atomic E-state index is -1.99. The third kappa shape index (κ3) is 39.6. The summed E-state index contributed by atoms with van der Waals surface area (Å²) in [6, 6.07) is -1.00. The standard InChI is InChI=1S/C79H139NO18/c1-3-5-7-9-11-13-15-17-19-21-23-25-27-28-29-30-31-32-33-35-36-38-40-42-44-46-48-50-52-54-56-63(84)62(80-67(85)57-55-53-51-49-47-45-43-41-39-37-34-26-24-22-20-18-16-14-12-10-8-6-4-2)61-93-77-73(91)70(88)75(65(59-82)95-77)98-79-74(92)71(89)76(66(60-83)96-79)97-78-72(90)69(87)68(86)64(58-81)94-78/h6,8,12,14,18,20,24,26,37,39,46,48,54,56,62-66,68-79,81-84,86-92H,3-5,7,9-11,13,15-17,19,21-23,25,27-36,38,40-45,47,49-53,55,57-61H2,1-2H3,(H,80,85)/b8-6-,14-12-,20-18-,26-24-,39-37-,48-46+,56-54+. The zero-order valence-corrected chi connectivity index (χ0v) is 60.5. The van der Waals surface area contributed by atoms with Gasteiger partial charge in [0.2, 0.25) is 5.91 Å². The van der Waals surface area contributed by atoms with E-state index in [4.69, 9.17) is 28.4 Å². The van der Waals surface area contributed by atoms with Crippen molar-refractivity contribution in [3.8, 4) is 0 Å². The monoisotopic (exact) mass is 1390 g/mol. The van der Waals surface area contributed by atoms with Crippen LogP contribution in [0.5, 0.6) is 0 Å². The Bertz CT molecular complexity index is 2100. The molecule has 568 valence electrons. The van der Waals surface area contributed by atoms with E-state index in [9.17, 15) is 61.0 Å². The fraction of sp³-hybridized carbons (Fsp3) is 0.810. The van der Waals surface area contributed by atoms with Gasteiger partial charge in [-0.2, -0.15) is 0 Å². The predicted molar refractivity (Wildman–Crippen MR) is 388 cm³/mol. The van der Waals surface area contributed by atoms with Gasteiger partial charge in [0, 0.05) is 6.42 Å². The van der Waals surface area contributed by atoms with Crippen molar-refractivity contribution >= 4 is 5.91 Å². The lowest BCUT2D eigenvalue weighted by atomic mass is 9.96. The van der Waals surface area contributed by atoms with Gasteiger partial charge in [-0.3, -0.25) is 4.79 Å². The average Bonchev–Trinajstić information content (AvgIpc) is 0.785. The van der Waals surface area contributed by atoms with Crippen molar-refractivity contribution in [1.29, 1.82) is 0 Å². The van der Waals surface area contributed by atoms with Crippen LogP contribution in [-0.4, -0.2) is 193 Å². The Kier molecular flexibility index (Phi) is 54.0. The first-order valence-electron chi connectivity index (χ1n) is 38.8. The number of hydrogen-bond acceptors (Lipinski definition) is 18. The molecule has 3 heterocycles. The Morgan fingerprint density at radius 3 is 1.14 bits per heavy atom. The molecule has 0 aromatic heterocycles. The molecule has 3 saturated heterocycles. The van der Waals surface area contributed by atoms with Crippen LogP contribution in [0.4, 0.5) is 0 Å². The quantitative estimate of drug-likeness (QED) is 0.0199. The summed E-state index contributed by atoms with van der Waals surface area (Å²) in [6.07, 6.45) is 51.4. The van der Waals surface area contributed by atoms with E-state index in [-0.39, 0.29) is 18.9 Å². The molecule has 1 amide bonds. The SMILES string of the molecule is CC/C=C\C/C=C\C/C=C\C/C=C\C/C=C\CCCCCCCCCC(=O)NC(COC1OC(CO)C(OC2OC(CO)C(OC3OC(CO)C(O)C(O)C3O)C(O)C2O)C(O)C1O)C(O)/C=C/CC/C=C/CCCCCCCCCCCCCCCCCCCCCCCCCC. The second-order valence-corrected chi connectivity index (χ2v) is 27.4. The Hall–Kier alpha value is -3.03. The molecule has 0 bridgehead atoms. The molecule has 0 aliphatic carbocycles. The van der Waals surface area contributed by atoms with E-state index in [2.05, 4.69) is 92.1 Å². The van der Waals surface area contributed by atoms with Crippen LogP contribution in [0.2, 0.25) is 0 Å². The molecule has 0 aromatic rings. The summed E-state index contributed by atoms with van der Waals surface area (Å²) in [5.41, 5.74) is 0. The number of ether oxygens (including phenoxy) is 6. The van der Waals surface area contributed by atoms with E-state index >= 15 is 0 Å². The fourth-order valence-electron chi connectivity index (χ4n) is 12.7. The number of aliphatic hydroxyl groups is 11. The van der Waals surface area contributed by atoms with Gasteiger partial charge in [0.15, 0.2) is 18.9 Å². The molecule has 3 rings (SSSR count). The molecule has 3 fully saturated rings. The minimum absolute atomic E-state index is 0.218. The van der Waals surface area contributed by atoms with E-state index in [0.29, 0.717) is 12.8 Å².